The van der Waals surface area contributed by atoms with Crippen LogP contribution in [0.4, 0.5) is 4.79 Å². The molecule has 1 radical (unpaired) electrons. The molecular formula is C4H9N2O2. The first-order valence-corrected chi connectivity index (χ1v) is 2.17. The third kappa shape index (κ3) is 3.42. The molecule has 0 aliphatic carbocycles. The van der Waals surface area contributed by atoms with E-state index in [0.717, 1.165) is 0 Å². The SMILES string of the molecule is [CH2]CNC(=O)NOC. The van der Waals surface area contributed by atoms with Crippen LogP contribution in [-0.4, -0.2) is 19.7 Å². The Morgan fingerprint density at radius 2 is 2.50 bits per heavy atom. The minimum atomic E-state index is -0.373. The fraction of sp³-hybridized carbons (Fsp3) is 0.500. The summed E-state index contributed by atoms with van der Waals surface area (Å²) >= 11 is 0. The van der Waals surface area contributed by atoms with Crippen molar-refractivity contribution >= 4 is 6.03 Å². The van der Waals surface area contributed by atoms with Crippen molar-refractivity contribution in [3.63, 3.8) is 0 Å². The molecular weight excluding hydrogens is 108 g/mol. The van der Waals surface area contributed by atoms with Gasteiger partial charge in [-0.15, -0.1) is 0 Å². The van der Waals surface area contributed by atoms with E-state index >= 15 is 0 Å². The van der Waals surface area contributed by atoms with E-state index in [0.29, 0.717) is 6.54 Å². The minimum absolute atomic E-state index is 0.356. The Labute approximate surface area is 48.2 Å². The molecule has 0 aliphatic rings. The molecule has 4 heteroatoms. The molecule has 0 bridgehead atoms. The van der Waals surface area contributed by atoms with E-state index in [9.17, 15) is 4.79 Å². The predicted molar refractivity (Wildman–Crippen MR) is 28.9 cm³/mol. The van der Waals surface area contributed by atoms with E-state index in [-0.39, 0.29) is 6.03 Å². The maximum atomic E-state index is 10.3. The van der Waals surface area contributed by atoms with Crippen LogP contribution in [0.1, 0.15) is 0 Å². The van der Waals surface area contributed by atoms with Gasteiger partial charge in [-0.05, 0) is 6.92 Å². The summed E-state index contributed by atoms with van der Waals surface area (Å²) in [4.78, 5) is 14.5. The molecule has 0 spiro atoms. The lowest BCUT2D eigenvalue weighted by molar-refractivity contribution is 0.108. The second-order valence-electron chi connectivity index (χ2n) is 1.06. The van der Waals surface area contributed by atoms with Gasteiger partial charge in [0.25, 0.3) is 0 Å². The summed E-state index contributed by atoms with van der Waals surface area (Å²) in [6, 6.07) is -0.373. The van der Waals surface area contributed by atoms with Gasteiger partial charge in [-0.25, -0.2) is 10.3 Å². The van der Waals surface area contributed by atoms with Crippen LogP contribution >= 0.6 is 0 Å². The molecule has 47 valence electrons. The highest BCUT2D eigenvalue weighted by Crippen LogP contribution is 1.60. The number of hydrogen-bond donors (Lipinski definition) is 2. The Bertz CT molecular complexity index is 66.4. The summed E-state index contributed by atoms with van der Waals surface area (Å²) in [7, 11) is 1.36. The fourth-order valence-corrected chi connectivity index (χ4v) is 0.242. The van der Waals surface area contributed by atoms with E-state index < -0.39 is 0 Å². The van der Waals surface area contributed by atoms with Crippen molar-refractivity contribution in [2.45, 2.75) is 0 Å². The molecule has 0 rings (SSSR count). The van der Waals surface area contributed by atoms with Gasteiger partial charge < -0.3 is 5.32 Å². The summed E-state index contributed by atoms with van der Waals surface area (Å²) < 4.78 is 0. The second kappa shape index (κ2) is 4.39. The number of urea groups is 1. The molecule has 0 unspecified atom stereocenters. The lowest BCUT2D eigenvalue weighted by Gasteiger charge is -1.99. The number of nitrogens with one attached hydrogen (secondary N) is 2. The molecule has 0 fully saturated rings. The molecule has 0 aromatic heterocycles. The Kier molecular flexibility index (Phi) is 3.97. The summed E-state index contributed by atoms with van der Waals surface area (Å²) in [5.74, 6) is 0. The maximum absolute atomic E-state index is 10.3. The molecule has 0 aromatic rings. The highest BCUT2D eigenvalue weighted by atomic mass is 16.6. The number of hydrogen-bond acceptors (Lipinski definition) is 2. The third-order valence-corrected chi connectivity index (χ3v) is 0.480. The minimum Gasteiger partial charge on any atom is -0.336 e. The van der Waals surface area contributed by atoms with Crippen LogP contribution in [-0.2, 0) is 4.84 Å². The number of carbonyl (C=O) groups is 1. The van der Waals surface area contributed by atoms with E-state index in [2.05, 4.69) is 22.6 Å². The van der Waals surface area contributed by atoms with Gasteiger partial charge in [0, 0.05) is 6.54 Å². The second-order valence-corrected chi connectivity index (χ2v) is 1.06. The monoisotopic (exact) mass is 117 g/mol. The Morgan fingerprint density at radius 3 is 2.88 bits per heavy atom. The summed E-state index contributed by atoms with van der Waals surface area (Å²) in [5.41, 5.74) is 2.06. The Morgan fingerprint density at radius 1 is 1.88 bits per heavy atom. The van der Waals surface area contributed by atoms with Crippen molar-refractivity contribution in [3.05, 3.63) is 6.92 Å². The van der Waals surface area contributed by atoms with Crippen molar-refractivity contribution in [1.82, 2.24) is 10.8 Å². The molecule has 0 saturated heterocycles. The molecule has 8 heavy (non-hydrogen) atoms. The largest absolute Gasteiger partial charge is 0.338 e. The highest BCUT2D eigenvalue weighted by Gasteiger charge is 1.90. The Hall–Kier alpha value is -0.770. The fourth-order valence-electron chi connectivity index (χ4n) is 0.242. The molecule has 0 heterocycles. The smallest absolute Gasteiger partial charge is 0.336 e. The van der Waals surface area contributed by atoms with E-state index in [1.807, 2.05) is 0 Å². The van der Waals surface area contributed by atoms with Crippen molar-refractivity contribution < 1.29 is 9.63 Å². The highest BCUT2D eigenvalue weighted by molar-refractivity contribution is 5.72. The summed E-state index contributed by atoms with van der Waals surface area (Å²) in [6.07, 6.45) is 0. The topological polar surface area (TPSA) is 50.4 Å². The van der Waals surface area contributed by atoms with Crippen molar-refractivity contribution in [1.29, 1.82) is 0 Å². The molecule has 4 nitrogen and oxygen atoms in total. The van der Waals surface area contributed by atoms with Crippen molar-refractivity contribution in [2.75, 3.05) is 13.7 Å². The number of rotatable bonds is 2. The van der Waals surface area contributed by atoms with Gasteiger partial charge in [0.15, 0.2) is 0 Å². The molecule has 2 N–H and O–H groups in total. The van der Waals surface area contributed by atoms with Crippen LogP contribution in [0.3, 0.4) is 0 Å². The first-order valence-electron chi connectivity index (χ1n) is 2.17. The lowest BCUT2D eigenvalue weighted by atomic mass is 10.7. The first-order chi connectivity index (χ1) is 3.81. The average molecular weight is 117 g/mol. The van der Waals surface area contributed by atoms with E-state index in [4.69, 9.17) is 0 Å². The van der Waals surface area contributed by atoms with Gasteiger partial charge in [0.1, 0.15) is 0 Å². The first kappa shape index (κ1) is 7.23. The third-order valence-electron chi connectivity index (χ3n) is 0.480. The molecule has 0 atom stereocenters. The zero-order valence-corrected chi connectivity index (χ0v) is 4.73. The van der Waals surface area contributed by atoms with Gasteiger partial charge in [-0.1, -0.05) is 0 Å². The van der Waals surface area contributed by atoms with Gasteiger partial charge in [-0.3, -0.25) is 4.84 Å². The molecule has 0 aliphatic heterocycles. The van der Waals surface area contributed by atoms with Gasteiger partial charge >= 0.3 is 6.03 Å². The van der Waals surface area contributed by atoms with Gasteiger partial charge in [-0.2, -0.15) is 0 Å². The zero-order chi connectivity index (χ0) is 6.41. The van der Waals surface area contributed by atoms with Gasteiger partial charge in [0.2, 0.25) is 0 Å². The quantitative estimate of drug-likeness (QED) is 0.487. The van der Waals surface area contributed by atoms with Gasteiger partial charge in [0.05, 0.1) is 7.11 Å². The normalized spacial score (nSPS) is 8.25. The summed E-state index contributed by atoms with van der Waals surface area (Å²) in [6.45, 7) is 3.74. The molecule has 2 amide bonds. The van der Waals surface area contributed by atoms with Crippen LogP contribution < -0.4 is 10.8 Å². The molecule has 0 saturated carbocycles. The number of hydroxylamine groups is 1. The van der Waals surface area contributed by atoms with Crippen LogP contribution in [0.5, 0.6) is 0 Å². The van der Waals surface area contributed by atoms with Crippen LogP contribution in [0.25, 0.3) is 0 Å². The lowest BCUT2D eigenvalue weighted by Crippen LogP contribution is -2.34. The van der Waals surface area contributed by atoms with Crippen LogP contribution in [0.15, 0.2) is 0 Å². The van der Waals surface area contributed by atoms with E-state index in [1.165, 1.54) is 7.11 Å². The van der Waals surface area contributed by atoms with E-state index in [1.54, 1.807) is 0 Å². The zero-order valence-electron chi connectivity index (χ0n) is 4.73. The maximum Gasteiger partial charge on any atom is 0.338 e. The number of carbonyl (C=O) groups excluding carboxylic acids is 1. The predicted octanol–water partition coefficient (Wildman–Crippen LogP) is -0.319. The van der Waals surface area contributed by atoms with Crippen molar-refractivity contribution in [2.24, 2.45) is 0 Å². The standard InChI is InChI=1S/C4H9N2O2/c1-3-5-4(7)6-8-2/h1,3H2,2H3,(H2,5,6,7). The summed E-state index contributed by atoms with van der Waals surface area (Å²) in [5, 5.41) is 2.36. The average Bonchev–Trinajstić information content (AvgIpc) is 1.68. The van der Waals surface area contributed by atoms with Crippen LogP contribution in [0, 0.1) is 6.92 Å². The van der Waals surface area contributed by atoms with Crippen molar-refractivity contribution in [3.8, 4) is 0 Å². The van der Waals surface area contributed by atoms with Crippen LogP contribution in [0.2, 0.25) is 0 Å². The Balaban J connectivity index is 3.06. The number of amides is 2. The molecule has 0 aromatic carbocycles.